The van der Waals surface area contributed by atoms with Gasteiger partial charge >= 0.3 is 0 Å². The number of rotatable bonds is 5. The largest absolute Gasteiger partial charge is 0.310 e. The Labute approximate surface area is 327 Å². The first-order chi connectivity index (χ1) is 26.8. The van der Waals surface area contributed by atoms with Crippen molar-refractivity contribution in [1.29, 1.82) is 0 Å². The van der Waals surface area contributed by atoms with Crippen LogP contribution in [0.2, 0.25) is 0 Å². The molecule has 2 heteroatoms. The first kappa shape index (κ1) is 33.9. The monoisotopic (exact) mass is 709 g/mol. The zero-order chi connectivity index (χ0) is 37.6. The highest BCUT2D eigenvalue weighted by Gasteiger charge is 2.51. The molecule has 2 aliphatic heterocycles. The summed E-state index contributed by atoms with van der Waals surface area (Å²) >= 11 is 0. The Morgan fingerprint density at radius 2 is 0.964 bits per heavy atom. The highest BCUT2D eigenvalue weighted by Crippen LogP contribution is 2.63. The lowest BCUT2D eigenvalue weighted by Gasteiger charge is -2.45. The van der Waals surface area contributed by atoms with Gasteiger partial charge in [-0.05, 0) is 110 Å². The first-order valence-corrected chi connectivity index (χ1v) is 20.4. The van der Waals surface area contributed by atoms with Gasteiger partial charge in [0.05, 0.1) is 16.8 Å². The van der Waals surface area contributed by atoms with Crippen molar-refractivity contribution in [3.63, 3.8) is 0 Å². The molecule has 1 aliphatic carbocycles. The molecular weight excluding hydrogens is 661 g/mol. The van der Waals surface area contributed by atoms with E-state index in [1.165, 1.54) is 94.6 Å². The third kappa shape index (κ3) is 4.86. The van der Waals surface area contributed by atoms with Gasteiger partial charge in [0.2, 0.25) is 6.71 Å². The van der Waals surface area contributed by atoms with Crippen molar-refractivity contribution in [3.05, 3.63) is 202 Å². The lowest BCUT2D eigenvalue weighted by atomic mass is 9.32. The maximum absolute atomic E-state index is 2.55. The zero-order valence-corrected chi connectivity index (χ0v) is 32.9. The van der Waals surface area contributed by atoms with Crippen molar-refractivity contribution in [2.24, 2.45) is 0 Å². The summed E-state index contributed by atoms with van der Waals surface area (Å²) in [5, 5.41) is 0. The van der Waals surface area contributed by atoms with E-state index >= 15 is 0 Å². The van der Waals surface area contributed by atoms with Crippen LogP contribution in [-0.4, -0.2) is 6.71 Å². The molecule has 0 atom stereocenters. The van der Waals surface area contributed by atoms with Crippen LogP contribution in [0, 0.1) is 0 Å². The summed E-state index contributed by atoms with van der Waals surface area (Å²) in [7, 11) is 0. The van der Waals surface area contributed by atoms with Crippen LogP contribution in [0.3, 0.4) is 0 Å². The predicted molar refractivity (Wildman–Crippen MR) is 235 cm³/mol. The van der Waals surface area contributed by atoms with Crippen LogP contribution < -0.4 is 21.3 Å². The van der Waals surface area contributed by atoms with Gasteiger partial charge in [0.25, 0.3) is 0 Å². The highest BCUT2D eigenvalue weighted by atomic mass is 15.2. The quantitative estimate of drug-likeness (QED) is 0.161. The van der Waals surface area contributed by atoms with Gasteiger partial charge in [-0.3, -0.25) is 0 Å². The minimum absolute atomic E-state index is 0.181. The number of nitrogens with zero attached hydrogens (tertiary/aromatic N) is 1. The fraction of sp³-hybridized carbons (Fsp3) is 0.208. The summed E-state index contributed by atoms with van der Waals surface area (Å²) in [6.07, 6.45) is 0.926. The van der Waals surface area contributed by atoms with Crippen LogP contribution in [0.5, 0.6) is 0 Å². The van der Waals surface area contributed by atoms with E-state index in [0.29, 0.717) is 17.8 Å². The van der Waals surface area contributed by atoms with Crippen LogP contribution in [0.4, 0.5) is 17.1 Å². The van der Waals surface area contributed by atoms with Crippen LogP contribution in [-0.2, 0) is 11.8 Å². The lowest BCUT2D eigenvalue weighted by Crippen LogP contribution is -2.59. The fourth-order valence-corrected chi connectivity index (χ4v) is 10.5. The molecule has 10 rings (SSSR count). The van der Waals surface area contributed by atoms with Crippen LogP contribution in [0.25, 0.3) is 11.1 Å². The number of benzene rings is 7. The first-order valence-electron chi connectivity index (χ1n) is 20.4. The molecule has 0 amide bonds. The van der Waals surface area contributed by atoms with Gasteiger partial charge in [-0.1, -0.05) is 185 Å². The smallest absolute Gasteiger partial charge is 0.242 e. The standard InChI is InChI=1S/C53H48BN/c1-33(2)37-31-42(34(3)4)52(43(32-37)35(5)6)54-48-24-14-7-17-36(48)29-38-30-39(27-28-49(38)54)55-50-25-15-12-22-46(50)53(47-23-13-16-26-51(47)55)44-20-10-8-18-40(44)41-19-9-11-21-45(41)53/h7-28,30-35H,29H2,1-6H3. The summed E-state index contributed by atoms with van der Waals surface area (Å²) in [6.45, 7) is 14.4. The molecule has 0 saturated carbocycles. The fourth-order valence-electron chi connectivity index (χ4n) is 10.5. The van der Waals surface area contributed by atoms with Gasteiger partial charge in [0, 0.05) is 5.69 Å². The summed E-state index contributed by atoms with van der Waals surface area (Å²) < 4.78 is 0. The van der Waals surface area contributed by atoms with Crippen molar-refractivity contribution in [3.8, 4) is 11.1 Å². The van der Waals surface area contributed by atoms with E-state index in [0.717, 1.165) is 6.42 Å². The number of anilines is 3. The molecule has 0 bridgehead atoms. The van der Waals surface area contributed by atoms with Gasteiger partial charge < -0.3 is 4.90 Å². The SMILES string of the molecule is CC(C)c1cc(C(C)C)c(B2c3ccccc3Cc3cc(N4c5ccccc5C5(c6ccccc6-c6ccccc65)c5ccccc54)ccc32)c(C(C)C)c1. The second-order valence-electron chi connectivity index (χ2n) is 17.0. The molecule has 0 fully saturated rings. The van der Waals surface area contributed by atoms with Gasteiger partial charge in [-0.2, -0.15) is 0 Å². The summed E-state index contributed by atoms with van der Waals surface area (Å²) in [5.41, 5.74) is 23.1. The summed E-state index contributed by atoms with van der Waals surface area (Å²) in [6, 6.07) is 58.2. The molecule has 7 aromatic carbocycles. The Balaban J connectivity index is 1.20. The third-order valence-corrected chi connectivity index (χ3v) is 13.0. The van der Waals surface area contributed by atoms with E-state index in [4.69, 9.17) is 0 Å². The molecule has 0 unspecified atom stereocenters. The molecule has 0 radical (unpaired) electrons. The van der Waals surface area contributed by atoms with Crippen LogP contribution >= 0.6 is 0 Å². The Morgan fingerprint density at radius 3 is 1.53 bits per heavy atom. The molecule has 7 aromatic rings. The second kappa shape index (κ2) is 12.7. The van der Waals surface area contributed by atoms with E-state index < -0.39 is 5.41 Å². The van der Waals surface area contributed by atoms with E-state index in [9.17, 15) is 0 Å². The summed E-state index contributed by atoms with van der Waals surface area (Å²) in [4.78, 5) is 2.55. The molecule has 268 valence electrons. The van der Waals surface area contributed by atoms with E-state index in [-0.39, 0.29) is 6.71 Å². The number of hydrogen-bond donors (Lipinski definition) is 0. The Kier molecular flexibility index (Phi) is 7.86. The summed E-state index contributed by atoms with van der Waals surface area (Å²) in [5.74, 6) is 1.32. The lowest BCUT2D eigenvalue weighted by molar-refractivity contribution is 0.752. The number of hydrogen-bond acceptors (Lipinski definition) is 1. The minimum Gasteiger partial charge on any atom is -0.310 e. The molecule has 1 spiro atoms. The van der Waals surface area contributed by atoms with Crippen molar-refractivity contribution in [2.45, 2.75) is 71.1 Å². The minimum atomic E-state index is -0.405. The maximum Gasteiger partial charge on any atom is 0.242 e. The van der Waals surface area contributed by atoms with Crippen molar-refractivity contribution < 1.29 is 0 Å². The van der Waals surface area contributed by atoms with Crippen molar-refractivity contribution >= 4 is 40.2 Å². The number of fused-ring (bicyclic) bond motifs is 11. The predicted octanol–water partition coefficient (Wildman–Crippen LogP) is 11.6. The molecular formula is C53H48BN. The van der Waals surface area contributed by atoms with Crippen molar-refractivity contribution in [1.82, 2.24) is 0 Å². The molecule has 0 N–H and O–H groups in total. The van der Waals surface area contributed by atoms with Gasteiger partial charge in [-0.15, -0.1) is 0 Å². The van der Waals surface area contributed by atoms with Gasteiger partial charge in [-0.25, -0.2) is 0 Å². The van der Waals surface area contributed by atoms with Gasteiger partial charge in [0.15, 0.2) is 0 Å². The molecule has 55 heavy (non-hydrogen) atoms. The van der Waals surface area contributed by atoms with Crippen molar-refractivity contribution in [2.75, 3.05) is 4.90 Å². The second-order valence-corrected chi connectivity index (χ2v) is 17.0. The highest BCUT2D eigenvalue weighted by molar-refractivity contribution is 6.97. The van der Waals surface area contributed by atoms with Gasteiger partial charge in [0.1, 0.15) is 0 Å². The Bertz CT molecular complexity index is 2520. The molecule has 2 heterocycles. The topological polar surface area (TPSA) is 3.24 Å². The molecule has 1 nitrogen and oxygen atoms in total. The number of para-hydroxylation sites is 2. The maximum atomic E-state index is 2.55. The van der Waals surface area contributed by atoms with E-state index in [1.54, 1.807) is 0 Å². The Hall–Kier alpha value is -5.60. The molecule has 0 saturated heterocycles. The average Bonchev–Trinajstić information content (AvgIpc) is 3.50. The van der Waals surface area contributed by atoms with Crippen LogP contribution in [0.15, 0.2) is 152 Å². The molecule has 3 aliphatic rings. The van der Waals surface area contributed by atoms with E-state index in [1.807, 2.05) is 0 Å². The van der Waals surface area contributed by atoms with E-state index in [2.05, 4.69) is 198 Å². The zero-order valence-electron chi connectivity index (χ0n) is 32.9. The molecule has 0 aromatic heterocycles. The Morgan fingerprint density at radius 1 is 0.473 bits per heavy atom. The normalized spacial score (nSPS) is 14.5. The average molecular weight is 710 g/mol. The third-order valence-electron chi connectivity index (χ3n) is 13.0. The van der Waals surface area contributed by atoms with Crippen LogP contribution in [0.1, 0.15) is 109 Å².